The van der Waals surface area contributed by atoms with Crippen LogP contribution in [0.25, 0.3) is 0 Å². The van der Waals surface area contributed by atoms with Crippen LogP contribution in [0.5, 0.6) is 0 Å². The summed E-state index contributed by atoms with van der Waals surface area (Å²) >= 11 is 0. The van der Waals surface area contributed by atoms with Gasteiger partial charge in [-0.05, 0) is 42.3 Å². The van der Waals surface area contributed by atoms with Crippen molar-refractivity contribution in [1.29, 1.82) is 0 Å². The number of likely N-dealkylation sites (N-methyl/N-ethyl adjacent to an activating group) is 1. The molecule has 0 bridgehead atoms. The molecule has 0 aliphatic carbocycles. The Hall–Kier alpha value is -3.97. The Balaban J connectivity index is 1.58. The molecule has 186 valence electrons. The number of aldehydes is 1. The van der Waals surface area contributed by atoms with E-state index in [0.717, 1.165) is 35.9 Å². The average Bonchev–Trinajstić information content (AvgIpc) is 3.42. The summed E-state index contributed by atoms with van der Waals surface area (Å²) in [6, 6.07) is 26.8. The van der Waals surface area contributed by atoms with E-state index < -0.39 is 5.54 Å². The highest BCUT2D eigenvalue weighted by molar-refractivity contribution is 5.94. The van der Waals surface area contributed by atoms with Gasteiger partial charge in [0.05, 0.1) is 0 Å². The van der Waals surface area contributed by atoms with Crippen molar-refractivity contribution in [1.82, 2.24) is 15.1 Å². The Labute approximate surface area is 212 Å². The van der Waals surface area contributed by atoms with Gasteiger partial charge < -0.3 is 20.9 Å². The van der Waals surface area contributed by atoms with Crippen molar-refractivity contribution in [2.45, 2.75) is 24.5 Å². The van der Waals surface area contributed by atoms with Gasteiger partial charge in [0, 0.05) is 38.3 Å². The smallest absolute Gasteiger partial charge is 0.253 e. The summed E-state index contributed by atoms with van der Waals surface area (Å²) in [7, 11) is 3.76. The lowest BCUT2D eigenvalue weighted by atomic mass is 9.84. The van der Waals surface area contributed by atoms with Crippen LogP contribution < -0.4 is 11.1 Å². The van der Waals surface area contributed by atoms with E-state index in [1.165, 1.54) is 0 Å². The number of hydrogen-bond acceptors (Lipinski definition) is 4. The molecule has 1 fully saturated rings. The van der Waals surface area contributed by atoms with Crippen LogP contribution in [0.2, 0.25) is 0 Å². The molecule has 0 radical (unpaired) electrons. The van der Waals surface area contributed by atoms with E-state index in [1.807, 2.05) is 104 Å². The zero-order valence-corrected chi connectivity index (χ0v) is 20.8. The van der Waals surface area contributed by atoms with Gasteiger partial charge in [-0.15, -0.1) is 0 Å². The van der Waals surface area contributed by atoms with Gasteiger partial charge in [-0.3, -0.25) is 9.59 Å². The number of nitrogens with two attached hydrogens (primary N) is 1. The lowest BCUT2D eigenvalue weighted by Crippen LogP contribution is -2.38. The maximum atomic E-state index is 13.0. The van der Waals surface area contributed by atoms with E-state index in [1.54, 1.807) is 4.90 Å². The first-order valence-corrected chi connectivity index (χ1v) is 12.2. The molecule has 1 aliphatic heterocycles. The summed E-state index contributed by atoms with van der Waals surface area (Å²) in [5.41, 5.74) is 8.26. The molecule has 0 aromatic heterocycles. The average molecular weight is 484 g/mol. The van der Waals surface area contributed by atoms with Gasteiger partial charge in [-0.25, -0.2) is 4.99 Å². The maximum absolute atomic E-state index is 13.0. The lowest BCUT2D eigenvalue weighted by molar-refractivity contribution is -0.111. The van der Waals surface area contributed by atoms with Gasteiger partial charge in [-0.2, -0.15) is 0 Å². The van der Waals surface area contributed by atoms with Gasteiger partial charge in [-0.1, -0.05) is 72.8 Å². The largest absolute Gasteiger partial charge is 0.370 e. The number of guanidine groups is 1. The van der Waals surface area contributed by atoms with Crippen LogP contribution in [0.4, 0.5) is 0 Å². The lowest BCUT2D eigenvalue weighted by Gasteiger charge is -2.28. The molecule has 0 spiro atoms. The van der Waals surface area contributed by atoms with Crippen molar-refractivity contribution in [3.8, 4) is 0 Å². The molecule has 3 N–H and O–H groups in total. The second-order valence-corrected chi connectivity index (χ2v) is 9.17. The number of rotatable bonds is 8. The molecule has 0 saturated carbocycles. The first kappa shape index (κ1) is 25.1. The highest BCUT2D eigenvalue weighted by Gasteiger charge is 2.34. The van der Waals surface area contributed by atoms with Crippen molar-refractivity contribution in [2.24, 2.45) is 10.7 Å². The standard InChI is InChI=1S/C29H33N5O2/c1-31-26-16-17-34(20-26)27(36)23-11-9-10-22(18-23)19-33(2)28(30)32-29(21-35,24-12-5-3-6-13-24)25-14-7-4-8-15-25/h3-15,18,21,26,31H,16-17,19-20H2,1-2H3,(H2,30,32). The Kier molecular flexibility index (Phi) is 7.80. The zero-order chi connectivity index (χ0) is 25.5. The molecule has 7 heteroatoms. The topological polar surface area (TPSA) is 91.0 Å². The van der Waals surface area contributed by atoms with Crippen molar-refractivity contribution < 1.29 is 9.59 Å². The Morgan fingerprint density at radius 3 is 2.28 bits per heavy atom. The monoisotopic (exact) mass is 483 g/mol. The maximum Gasteiger partial charge on any atom is 0.253 e. The van der Waals surface area contributed by atoms with Gasteiger partial charge in [0.25, 0.3) is 5.91 Å². The first-order chi connectivity index (χ1) is 17.5. The second-order valence-electron chi connectivity index (χ2n) is 9.17. The fourth-order valence-corrected chi connectivity index (χ4v) is 4.63. The molecule has 3 aromatic carbocycles. The minimum atomic E-state index is -1.27. The fraction of sp³-hybridized carbons (Fsp3) is 0.276. The predicted octanol–water partition coefficient (Wildman–Crippen LogP) is 3.01. The van der Waals surface area contributed by atoms with Crippen molar-refractivity contribution in [3.63, 3.8) is 0 Å². The number of likely N-dealkylation sites (tertiary alicyclic amines) is 1. The predicted molar refractivity (Wildman–Crippen MR) is 143 cm³/mol. The van der Waals surface area contributed by atoms with Crippen LogP contribution >= 0.6 is 0 Å². The van der Waals surface area contributed by atoms with Crippen LogP contribution in [0, 0.1) is 0 Å². The third-order valence-corrected chi connectivity index (χ3v) is 6.76. The first-order valence-electron chi connectivity index (χ1n) is 12.2. The minimum absolute atomic E-state index is 0.0343. The van der Waals surface area contributed by atoms with Crippen LogP contribution in [-0.2, 0) is 16.9 Å². The molecule has 3 aromatic rings. The van der Waals surface area contributed by atoms with E-state index in [-0.39, 0.29) is 11.9 Å². The molecule has 1 atom stereocenters. The Morgan fingerprint density at radius 2 is 1.72 bits per heavy atom. The van der Waals surface area contributed by atoms with E-state index in [0.29, 0.717) is 24.7 Å². The highest BCUT2D eigenvalue weighted by Crippen LogP contribution is 2.32. The SMILES string of the molecule is CNC1CCN(C(=O)c2cccc(CN(C)C(N)=NC(C=O)(c3ccccc3)c3ccccc3)c2)C1. The molecule has 4 rings (SSSR count). The normalized spacial score (nSPS) is 16.1. The number of hydrogen-bond donors (Lipinski definition) is 2. The van der Waals surface area contributed by atoms with Gasteiger partial charge in [0.1, 0.15) is 0 Å². The van der Waals surface area contributed by atoms with E-state index in [2.05, 4.69) is 5.32 Å². The van der Waals surface area contributed by atoms with Crippen molar-refractivity contribution in [2.75, 3.05) is 27.2 Å². The van der Waals surface area contributed by atoms with Gasteiger partial charge in [0.15, 0.2) is 17.8 Å². The molecule has 1 aliphatic rings. The number of carbonyl (C=O) groups excluding carboxylic acids is 2. The number of nitrogens with one attached hydrogen (secondary N) is 1. The van der Waals surface area contributed by atoms with Crippen LogP contribution in [0.3, 0.4) is 0 Å². The minimum Gasteiger partial charge on any atom is -0.370 e. The third-order valence-electron chi connectivity index (χ3n) is 6.76. The Morgan fingerprint density at radius 1 is 1.08 bits per heavy atom. The van der Waals surface area contributed by atoms with Crippen molar-refractivity contribution >= 4 is 18.2 Å². The van der Waals surface area contributed by atoms with Crippen LogP contribution in [-0.4, -0.2) is 61.2 Å². The van der Waals surface area contributed by atoms with Crippen LogP contribution in [0.15, 0.2) is 89.9 Å². The van der Waals surface area contributed by atoms with E-state index in [9.17, 15) is 9.59 Å². The summed E-state index contributed by atoms with van der Waals surface area (Å²) < 4.78 is 0. The summed E-state index contributed by atoms with van der Waals surface area (Å²) in [4.78, 5) is 34.1. The molecule has 1 saturated heterocycles. The molecular formula is C29H33N5O2. The molecule has 36 heavy (non-hydrogen) atoms. The Bertz CT molecular complexity index is 1170. The number of carbonyl (C=O) groups is 2. The summed E-state index contributed by atoms with van der Waals surface area (Å²) in [6.07, 6.45) is 1.80. The van der Waals surface area contributed by atoms with Crippen molar-refractivity contribution in [3.05, 3.63) is 107 Å². The summed E-state index contributed by atoms with van der Waals surface area (Å²) in [5, 5.41) is 3.24. The van der Waals surface area contributed by atoms with E-state index >= 15 is 0 Å². The molecule has 1 unspecified atom stereocenters. The highest BCUT2D eigenvalue weighted by atomic mass is 16.2. The molecular weight excluding hydrogens is 450 g/mol. The number of aliphatic imine (C=N–C) groups is 1. The number of benzene rings is 3. The van der Waals surface area contributed by atoms with Crippen LogP contribution in [0.1, 0.15) is 33.5 Å². The molecule has 1 heterocycles. The van der Waals surface area contributed by atoms with E-state index in [4.69, 9.17) is 10.7 Å². The molecule has 1 amide bonds. The zero-order valence-electron chi connectivity index (χ0n) is 20.8. The number of amides is 1. The fourth-order valence-electron chi connectivity index (χ4n) is 4.63. The van der Waals surface area contributed by atoms with Gasteiger partial charge in [0.2, 0.25) is 0 Å². The summed E-state index contributed by atoms with van der Waals surface area (Å²) in [5.74, 6) is 0.259. The summed E-state index contributed by atoms with van der Waals surface area (Å²) in [6.45, 7) is 1.90. The second kappa shape index (κ2) is 11.2. The third kappa shape index (κ3) is 5.31. The quantitative estimate of drug-likeness (QED) is 0.292. The van der Waals surface area contributed by atoms with Gasteiger partial charge >= 0.3 is 0 Å². The number of nitrogens with zero attached hydrogens (tertiary/aromatic N) is 3. The molecule has 7 nitrogen and oxygen atoms in total.